The molecule has 20 heavy (non-hydrogen) atoms. The van der Waals surface area contributed by atoms with Crippen LogP contribution in [0.3, 0.4) is 0 Å². The van der Waals surface area contributed by atoms with E-state index < -0.39 is 0 Å². The number of thiophene rings is 1. The molecule has 4 heteroatoms. The molecule has 0 aliphatic heterocycles. The Morgan fingerprint density at radius 3 is 2.50 bits per heavy atom. The van der Waals surface area contributed by atoms with E-state index in [4.69, 9.17) is 0 Å². The smallest absolute Gasteiger partial charge is 0.0494 e. The Labute approximate surface area is 139 Å². The van der Waals surface area contributed by atoms with Crippen molar-refractivity contribution < 1.29 is 0 Å². The lowest BCUT2D eigenvalue weighted by molar-refractivity contribution is 1.19. The van der Waals surface area contributed by atoms with E-state index in [1.807, 2.05) is 11.3 Å². The number of hydrogen-bond donors (Lipinski definition) is 1. The number of fused-ring (bicyclic) bond motifs is 1. The third-order valence-electron chi connectivity index (χ3n) is 3.18. The number of benzene rings is 2. The molecule has 0 saturated carbocycles. The first kappa shape index (κ1) is 14.1. The van der Waals surface area contributed by atoms with Crippen LogP contribution in [0.5, 0.6) is 0 Å². The van der Waals surface area contributed by atoms with Crippen LogP contribution >= 0.6 is 43.2 Å². The molecule has 0 fully saturated rings. The molecule has 1 aromatic heterocycles. The first-order chi connectivity index (χ1) is 9.61. The van der Waals surface area contributed by atoms with Crippen molar-refractivity contribution in [3.05, 3.63) is 61.2 Å². The number of rotatable bonds is 3. The van der Waals surface area contributed by atoms with Gasteiger partial charge in [0.05, 0.1) is 0 Å². The highest BCUT2D eigenvalue weighted by molar-refractivity contribution is 9.10. The van der Waals surface area contributed by atoms with Gasteiger partial charge in [0, 0.05) is 30.9 Å². The molecule has 0 bridgehead atoms. The molecule has 3 aromatic rings. The average Bonchev–Trinajstić information content (AvgIpc) is 2.75. The van der Waals surface area contributed by atoms with E-state index in [0.717, 1.165) is 16.7 Å². The van der Waals surface area contributed by atoms with Crippen molar-refractivity contribution in [3.8, 4) is 0 Å². The molecule has 102 valence electrons. The van der Waals surface area contributed by atoms with E-state index in [9.17, 15) is 0 Å². The predicted octanol–water partition coefficient (Wildman–Crippen LogP) is 6.35. The van der Waals surface area contributed by atoms with Gasteiger partial charge in [-0.3, -0.25) is 0 Å². The topological polar surface area (TPSA) is 12.0 Å². The summed E-state index contributed by atoms with van der Waals surface area (Å²) < 4.78 is 2.31. The molecule has 0 aliphatic carbocycles. The third-order valence-corrected chi connectivity index (χ3v) is 5.81. The second kappa shape index (κ2) is 5.88. The zero-order valence-electron chi connectivity index (χ0n) is 10.9. The maximum Gasteiger partial charge on any atom is 0.0494 e. The molecular formula is C16H13Br2NS. The second-order valence-corrected chi connectivity index (χ2v) is 7.79. The molecule has 0 atom stereocenters. The zero-order chi connectivity index (χ0) is 14.1. The number of anilines is 1. The summed E-state index contributed by atoms with van der Waals surface area (Å²) in [6.45, 7) is 2.99. The van der Waals surface area contributed by atoms with Gasteiger partial charge in [-0.25, -0.2) is 0 Å². The molecular weight excluding hydrogens is 398 g/mol. The molecule has 1 nitrogen and oxygen atoms in total. The van der Waals surface area contributed by atoms with Gasteiger partial charge in [0.15, 0.2) is 0 Å². The predicted molar refractivity (Wildman–Crippen MR) is 95.7 cm³/mol. The highest BCUT2D eigenvalue weighted by Crippen LogP contribution is 2.28. The largest absolute Gasteiger partial charge is 0.380 e. The Kier molecular flexibility index (Phi) is 4.15. The highest BCUT2D eigenvalue weighted by Gasteiger charge is 2.03. The summed E-state index contributed by atoms with van der Waals surface area (Å²) in [6.07, 6.45) is 0. The summed E-state index contributed by atoms with van der Waals surface area (Å²) >= 11 is 8.89. The molecule has 0 spiro atoms. The monoisotopic (exact) mass is 409 g/mol. The van der Waals surface area contributed by atoms with Gasteiger partial charge in [0.25, 0.3) is 0 Å². The molecule has 1 heterocycles. The minimum atomic E-state index is 0.860. The van der Waals surface area contributed by atoms with Gasteiger partial charge in [-0.2, -0.15) is 0 Å². The quantitative estimate of drug-likeness (QED) is 0.530. The maximum atomic E-state index is 3.56. The zero-order valence-corrected chi connectivity index (χ0v) is 14.9. The van der Waals surface area contributed by atoms with E-state index in [0.29, 0.717) is 0 Å². The van der Waals surface area contributed by atoms with Crippen LogP contribution in [0, 0.1) is 6.92 Å². The van der Waals surface area contributed by atoms with Crippen LogP contribution in [0.4, 0.5) is 5.69 Å². The lowest BCUT2D eigenvalue weighted by Gasteiger charge is -2.06. The molecule has 2 aromatic carbocycles. The lowest BCUT2D eigenvalue weighted by Crippen LogP contribution is -1.96. The molecule has 1 N–H and O–H groups in total. The van der Waals surface area contributed by atoms with E-state index in [2.05, 4.69) is 86.6 Å². The third kappa shape index (κ3) is 3.08. The number of hydrogen-bond acceptors (Lipinski definition) is 2. The minimum Gasteiger partial charge on any atom is -0.380 e. The number of nitrogens with one attached hydrogen (secondary N) is 1. The average molecular weight is 411 g/mol. The van der Waals surface area contributed by atoms with Crippen molar-refractivity contribution in [2.45, 2.75) is 13.5 Å². The van der Waals surface area contributed by atoms with Crippen LogP contribution in [0.15, 0.2) is 51.4 Å². The van der Waals surface area contributed by atoms with Crippen molar-refractivity contribution >= 4 is 59.7 Å². The van der Waals surface area contributed by atoms with Crippen LogP contribution in [-0.2, 0) is 6.54 Å². The second-order valence-electron chi connectivity index (χ2n) is 4.68. The van der Waals surface area contributed by atoms with E-state index in [1.54, 1.807) is 0 Å². The van der Waals surface area contributed by atoms with Crippen molar-refractivity contribution in [2.75, 3.05) is 5.32 Å². The minimum absolute atomic E-state index is 0.860. The fraction of sp³-hybridized carbons (Fsp3) is 0.125. The van der Waals surface area contributed by atoms with Gasteiger partial charge < -0.3 is 5.32 Å². The SMILES string of the molecule is Cc1sc(CNc2ccc3cc(Br)ccc3c2)cc1Br. The van der Waals surface area contributed by atoms with E-state index in [-0.39, 0.29) is 0 Å². The Hall–Kier alpha value is -0.840. The molecule has 0 radical (unpaired) electrons. The molecule has 3 rings (SSSR count). The van der Waals surface area contributed by atoms with Gasteiger partial charge in [0.1, 0.15) is 0 Å². The summed E-state index contributed by atoms with van der Waals surface area (Å²) in [7, 11) is 0. The van der Waals surface area contributed by atoms with Crippen LogP contribution in [0.2, 0.25) is 0 Å². The van der Waals surface area contributed by atoms with E-state index in [1.165, 1.54) is 25.0 Å². The molecule has 0 saturated heterocycles. The standard InChI is InChI=1S/C16H13Br2NS/c1-10-16(18)8-15(20-10)9-19-14-5-3-11-6-13(17)4-2-12(11)7-14/h2-8,19H,9H2,1H3. The van der Waals surface area contributed by atoms with Gasteiger partial charge >= 0.3 is 0 Å². The van der Waals surface area contributed by atoms with Crippen molar-refractivity contribution in [1.82, 2.24) is 0 Å². The van der Waals surface area contributed by atoms with Crippen molar-refractivity contribution in [3.63, 3.8) is 0 Å². The van der Waals surface area contributed by atoms with Gasteiger partial charge in [-0.05, 0) is 64.0 Å². The van der Waals surface area contributed by atoms with Crippen LogP contribution in [0.1, 0.15) is 9.75 Å². The van der Waals surface area contributed by atoms with Gasteiger partial charge in [-0.1, -0.05) is 28.1 Å². The molecule has 0 aliphatic rings. The highest BCUT2D eigenvalue weighted by atomic mass is 79.9. The van der Waals surface area contributed by atoms with Crippen molar-refractivity contribution in [2.24, 2.45) is 0 Å². The Balaban J connectivity index is 1.79. The van der Waals surface area contributed by atoms with Gasteiger partial charge in [0.2, 0.25) is 0 Å². The Morgan fingerprint density at radius 2 is 1.75 bits per heavy atom. The van der Waals surface area contributed by atoms with Crippen LogP contribution in [0.25, 0.3) is 10.8 Å². The summed E-state index contributed by atoms with van der Waals surface area (Å²) in [5, 5.41) is 5.99. The molecule has 0 amide bonds. The fourth-order valence-electron chi connectivity index (χ4n) is 2.12. The fourth-order valence-corrected chi connectivity index (χ4v) is 4.04. The van der Waals surface area contributed by atoms with Crippen molar-refractivity contribution in [1.29, 1.82) is 0 Å². The number of aryl methyl sites for hydroxylation is 1. The van der Waals surface area contributed by atoms with Crippen LogP contribution in [-0.4, -0.2) is 0 Å². The Morgan fingerprint density at radius 1 is 1.00 bits per heavy atom. The lowest BCUT2D eigenvalue weighted by atomic mass is 10.1. The number of halogens is 2. The summed E-state index contributed by atoms with van der Waals surface area (Å²) in [6, 6.07) is 15.0. The van der Waals surface area contributed by atoms with E-state index >= 15 is 0 Å². The Bertz CT molecular complexity index is 745. The normalized spacial score (nSPS) is 10.9. The summed E-state index contributed by atoms with van der Waals surface area (Å²) in [4.78, 5) is 2.66. The first-order valence-electron chi connectivity index (χ1n) is 6.30. The summed E-state index contributed by atoms with van der Waals surface area (Å²) in [5.74, 6) is 0. The molecule has 0 unspecified atom stereocenters. The first-order valence-corrected chi connectivity index (χ1v) is 8.70. The summed E-state index contributed by atoms with van der Waals surface area (Å²) in [5.41, 5.74) is 1.15. The van der Waals surface area contributed by atoms with Gasteiger partial charge in [-0.15, -0.1) is 11.3 Å². The van der Waals surface area contributed by atoms with Crippen LogP contribution < -0.4 is 5.32 Å². The maximum absolute atomic E-state index is 3.56.